The Bertz CT molecular complexity index is 880. The maximum atomic E-state index is 12.4. The molecule has 1 aromatic rings. The minimum Gasteiger partial charge on any atom is -0.453 e. The normalized spacial score (nSPS) is 26.9. The summed E-state index contributed by atoms with van der Waals surface area (Å²) >= 11 is 0. The number of methoxy groups -OCH3 is 1. The predicted octanol–water partition coefficient (Wildman–Crippen LogP) is 2.88. The van der Waals surface area contributed by atoms with E-state index < -0.39 is 23.9 Å². The third kappa shape index (κ3) is 4.26. The number of ether oxygens (including phenoxy) is 3. The molecular formula is C22H29N3O6. The van der Waals surface area contributed by atoms with Crippen LogP contribution < -0.4 is 10.2 Å². The molecule has 3 atom stereocenters. The van der Waals surface area contributed by atoms with Crippen molar-refractivity contribution in [2.45, 2.75) is 44.3 Å². The summed E-state index contributed by atoms with van der Waals surface area (Å²) in [5.41, 5.74) is 1.38. The SMILES string of the molecule is COC(=O)NC[C@@H]1CN(c2ccc(C34CC3CN(C(=O)OC(C)(C)C)C4)cc2)C(=O)O1. The van der Waals surface area contributed by atoms with Gasteiger partial charge in [0, 0.05) is 24.2 Å². The van der Waals surface area contributed by atoms with E-state index in [0.717, 1.165) is 12.1 Å². The predicted molar refractivity (Wildman–Crippen MR) is 112 cm³/mol. The van der Waals surface area contributed by atoms with Crippen LogP contribution in [0.5, 0.6) is 0 Å². The number of hydrogen-bond donors (Lipinski definition) is 1. The average Bonchev–Trinajstić information content (AvgIpc) is 3.08. The van der Waals surface area contributed by atoms with Crippen molar-refractivity contribution in [3.05, 3.63) is 29.8 Å². The first-order valence-electron chi connectivity index (χ1n) is 10.5. The Morgan fingerprint density at radius 3 is 2.58 bits per heavy atom. The molecule has 9 heteroatoms. The molecule has 31 heavy (non-hydrogen) atoms. The molecule has 4 rings (SSSR count). The fourth-order valence-electron chi connectivity index (χ4n) is 4.48. The van der Waals surface area contributed by atoms with Crippen LogP contribution >= 0.6 is 0 Å². The zero-order valence-corrected chi connectivity index (χ0v) is 18.3. The van der Waals surface area contributed by atoms with Crippen molar-refractivity contribution < 1.29 is 28.6 Å². The van der Waals surface area contributed by atoms with Gasteiger partial charge in [-0.05, 0) is 50.8 Å². The van der Waals surface area contributed by atoms with Gasteiger partial charge in [0.05, 0.1) is 20.2 Å². The first-order chi connectivity index (χ1) is 14.6. The van der Waals surface area contributed by atoms with Crippen molar-refractivity contribution in [2.75, 3.05) is 38.2 Å². The van der Waals surface area contributed by atoms with Crippen LogP contribution in [0.1, 0.15) is 32.8 Å². The lowest BCUT2D eigenvalue weighted by atomic mass is 9.95. The Morgan fingerprint density at radius 1 is 1.23 bits per heavy atom. The zero-order valence-electron chi connectivity index (χ0n) is 18.3. The van der Waals surface area contributed by atoms with Gasteiger partial charge in [-0.2, -0.15) is 0 Å². The second-order valence-corrected chi connectivity index (χ2v) is 9.45. The van der Waals surface area contributed by atoms with Crippen LogP contribution in [-0.2, 0) is 19.6 Å². The van der Waals surface area contributed by atoms with Gasteiger partial charge in [-0.1, -0.05) is 12.1 Å². The third-order valence-electron chi connectivity index (χ3n) is 6.08. The maximum absolute atomic E-state index is 12.4. The summed E-state index contributed by atoms with van der Waals surface area (Å²) in [4.78, 5) is 39.2. The van der Waals surface area contributed by atoms with Gasteiger partial charge in [0.2, 0.25) is 0 Å². The van der Waals surface area contributed by atoms with Gasteiger partial charge in [0.1, 0.15) is 11.7 Å². The molecule has 3 fully saturated rings. The van der Waals surface area contributed by atoms with E-state index in [9.17, 15) is 14.4 Å². The Hall–Kier alpha value is -2.97. The van der Waals surface area contributed by atoms with E-state index in [4.69, 9.17) is 9.47 Å². The van der Waals surface area contributed by atoms with E-state index in [1.807, 2.05) is 45.0 Å². The van der Waals surface area contributed by atoms with Gasteiger partial charge >= 0.3 is 18.3 Å². The van der Waals surface area contributed by atoms with Crippen LogP contribution in [0, 0.1) is 5.92 Å². The molecule has 1 saturated carbocycles. The number of benzene rings is 1. The number of nitrogens with zero attached hydrogens (tertiary/aromatic N) is 2. The van der Waals surface area contributed by atoms with Crippen molar-refractivity contribution >= 4 is 24.0 Å². The summed E-state index contributed by atoms with van der Waals surface area (Å²) in [6, 6.07) is 7.88. The summed E-state index contributed by atoms with van der Waals surface area (Å²) < 4.78 is 15.4. The lowest BCUT2D eigenvalue weighted by Gasteiger charge is -2.26. The number of cyclic esters (lactones) is 1. The quantitative estimate of drug-likeness (QED) is 0.737. The second-order valence-electron chi connectivity index (χ2n) is 9.45. The number of amides is 3. The van der Waals surface area contributed by atoms with Gasteiger partial charge in [-0.25, -0.2) is 14.4 Å². The number of nitrogens with one attached hydrogen (secondary N) is 1. The van der Waals surface area contributed by atoms with Gasteiger partial charge < -0.3 is 24.4 Å². The smallest absolute Gasteiger partial charge is 0.414 e. The number of likely N-dealkylation sites (tertiary alicyclic amines) is 1. The highest BCUT2D eigenvalue weighted by Gasteiger charge is 2.62. The average molecular weight is 431 g/mol. The van der Waals surface area contributed by atoms with E-state index in [0.29, 0.717) is 25.6 Å². The van der Waals surface area contributed by atoms with Gasteiger partial charge in [0.15, 0.2) is 0 Å². The number of anilines is 1. The Balaban J connectivity index is 1.38. The maximum Gasteiger partial charge on any atom is 0.414 e. The number of alkyl carbamates (subject to hydrolysis) is 1. The number of fused-ring (bicyclic) bond motifs is 1. The van der Waals surface area contributed by atoms with Crippen molar-refractivity contribution in [2.24, 2.45) is 5.92 Å². The molecule has 0 radical (unpaired) electrons. The fourth-order valence-corrected chi connectivity index (χ4v) is 4.48. The van der Waals surface area contributed by atoms with Crippen molar-refractivity contribution in [1.82, 2.24) is 10.2 Å². The van der Waals surface area contributed by atoms with Gasteiger partial charge in [-0.3, -0.25) is 4.90 Å². The highest BCUT2D eigenvalue weighted by Crippen LogP contribution is 2.59. The molecule has 1 N–H and O–H groups in total. The van der Waals surface area contributed by atoms with E-state index in [2.05, 4.69) is 10.1 Å². The van der Waals surface area contributed by atoms with Crippen LogP contribution in [0.4, 0.5) is 20.1 Å². The number of carbonyl (C=O) groups excluding carboxylic acids is 3. The van der Waals surface area contributed by atoms with Gasteiger partial charge in [-0.15, -0.1) is 0 Å². The largest absolute Gasteiger partial charge is 0.453 e. The Morgan fingerprint density at radius 2 is 1.94 bits per heavy atom. The summed E-state index contributed by atoms with van der Waals surface area (Å²) in [6.07, 6.45) is -0.645. The monoisotopic (exact) mass is 431 g/mol. The topological polar surface area (TPSA) is 97.4 Å². The van der Waals surface area contributed by atoms with E-state index in [1.165, 1.54) is 12.7 Å². The van der Waals surface area contributed by atoms with E-state index in [1.54, 1.807) is 9.80 Å². The third-order valence-corrected chi connectivity index (χ3v) is 6.08. The molecular weight excluding hydrogens is 402 g/mol. The molecule has 9 nitrogen and oxygen atoms in total. The molecule has 2 heterocycles. The second kappa shape index (κ2) is 7.62. The van der Waals surface area contributed by atoms with Crippen molar-refractivity contribution in [3.63, 3.8) is 0 Å². The molecule has 0 aromatic heterocycles. The minimum atomic E-state index is -0.561. The number of carbonyl (C=O) groups is 3. The summed E-state index contributed by atoms with van der Waals surface area (Å²) in [5, 5.41) is 2.54. The molecule has 168 valence electrons. The number of hydrogen-bond acceptors (Lipinski definition) is 6. The summed E-state index contributed by atoms with van der Waals surface area (Å²) in [6.45, 7) is 7.52. The lowest BCUT2D eigenvalue weighted by Crippen LogP contribution is -2.37. The summed E-state index contributed by atoms with van der Waals surface area (Å²) in [7, 11) is 1.28. The highest BCUT2D eigenvalue weighted by molar-refractivity contribution is 5.89. The first-order valence-corrected chi connectivity index (χ1v) is 10.5. The van der Waals surface area contributed by atoms with Crippen LogP contribution in [0.25, 0.3) is 0 Å². The highest BCUT2D eigenvalue weighted by atomic mass is 16.6. The molecule has 2 aliphatic heterocycles. The number of piperidine rings is 1. The van der Waals surface area contributed by atoms with E-state index >= 15 is 0 Å². The first kappa shape index (κ1) is 21.3. The van der Waals surface area contributed by atoms with Crippen LogP contribution in [-0.4, -0.2) is 68.2 Å². The lowest BCUT2D eigenvalue weighted by molar-refractivity contribution is 0.0270. The van der Waals surface area contributed by atoms with Crippen molar-refractivity contribution in [1.29, 1.82) is 0 Å². The Kier molecular flexibility index (Phi) is 5.23. The molecule has 2 unspecified atom stereocenters. The van der Waals surface area contributed by atoms with Crippen LogP contribution in [0.2, 0.25) is 0 Å². The molecule has 0 spiro atoms. The summed E-state index contributed by atoms with van der Waals surface area (Å²) in [5.74, 6) is 0.441. The molecule has 3 aliphatic rings. The van der Waals surface area contributed by atoms with E-state index in [-0.39, 0.29) is 18.1 Å². The standard InChI is InChI=1S/C22H29N3O6/c1-21(2,3)31-19(27)24-11-15-9-22(15,13-24)14-5-7-16(8-6-14)25-12-17(30-20(25)28)10-23-18(26)29-4/h5-8,15,17H,9-13H2,1-4H3,(H,23,26)/t15?,17-,22?/m1/s1. The fraction of sp³-hybridized carbons (Fsp3) is 0.591. The van der Waals surface area contributed by atoms with Crippen LogP contribution in [0.15, 0.2) is 24.3 Å². The Labute approximate surface area is 181 Å². The van der Waals surface area contributed by atoms with Gasteiger partial charge in [0.25, 0.3) is 0 Å². The molecule has 0 bridgehead atoms. The number of rotatable bonds is 4. The minimum absolute atomic E-state index is 0.0199. The molecule has 2 saturated heterocycles. The van der Waals surface area contributed by atoms with Crippen molar-refractivity contribution in [3.8, 4) is 0 Å². The van der Waals surface area contributed by atoms with Crippen LogP contribution in [0.3, 0.4) is 0 Å². The molecule has 3 amide bonds. The zero-order chi connectivity index (χ0) is 22.4. The molecule has 1 aliphatic carbocycles. The molecule has 1 aromatic carbocycles.